The Bertz CT molecular complexity index is 870. The number of nitrogens with one attached hydrogen (secondary N) is 1. The van der Waals surface area contributed by atoms with Crippen molar-refractivity contribution in [3.63, 3.8) is 0 Å². The van der Waals surface area contributed by atoms with Gasteiger partial charge in [-0.25, -0.2) is 8.42 Å². The third-order valence-electron chi connectivity index (χ3n) is 2.99. The van der Waals surface area contributed by atoms with Crippen LogP contribution in [0.2, 0.25) is 5.02 Å². The van der Waals surface area contributed by atoms with E-state index in [1.165, 1.54) is 12.1 Å². The van der Waals surface area contributed by atoms with Gasteiger partial charge in [0.05, 0.1) is 5.02 Å². The van der Waals surface area contributed by atoms with Crippen molar-refractivity contribution in [2.45, 2.75) is 11.8 Å². The summed E-state index contributed by atoms with van der Waals surface area (Å²) in [5, 5.41) is 0.0527. The lowest BCUT2D eigenvalue weighted by molar-refractivity contribution is -0.119. The molecule has 6 nitrogen and oxygen atoms in total. The summed E-state index contributed by atoms with van der Waals surface area (Å²) in [6, 6.07) is 9.57. The number of nitrogens with two attached hydrogens (primary N) is 1. The number of carbonyl (C=O) groups excluding carboxylic acids is 1. The molecular formula is C15H14ClIN2O4S. The molecule has 2 aromatic carbocycles. The summed E-state index contributed by atoms with van der Waals surface area (Å²) in [5.74, 6) is -0.438. The van der Waals surface area contributed by atoms with Gasteiger partial charge < -0.3 is 10.5 Å². The molecule has 0 heterocycles. The standard InChI is InChI=1S/C15H14ClIN2O4S/c1-9-6-12(16)14(7-13(9)23-8-15(18)20)24(21,22)19-11-4-2-10(17)3-5-11/h2-7,19H,8H2,1H3,(H2,18,20). The van der Waals surface area contributed by atoms with Crippen LogP contribution < -0.4 is 15.2 Å². The van der Waals surface area contributed by atoms with Gasteiger partial charge in [0.2, 0.25) is 0 Å². The number of amides is 1. The number of carbonyl (C=O) groups is 1. The minimum Gasteiger partial charge on any atom is -0.483 e. The summed E-state index contributed by atoms with van der Waals surface area (Å²) in [4.78, 5) is 10.7. The first-order valence-electron chi connectivity index (χ1n) is 6.68. The lowest BCUT2D eigenvalue weighted by Gasteiger charge is -2.13. The summed E-state index contributed by atoms with van der Waals surface area (Å²) in [7, 11) is -3.92. The largest absolute Gasteiger partial charge is 0.483 e. The highest BCUT2D eigenvalue weighted by atomic mass is 127. The predicted octanol–water partition coefficient (Wildman–Crippen LogP) is 2.92. The molecule has 0 spiro atoms. The maximum atomic E-state index is 12.6. The summed E-state index contributed by atoms with van der Waals surface area (Å²) in [6.07, 6.45) is 0. The first-order chi connectivity index (χ1) is 11.2. The quantitative estimate of drug-likeness (QED) is 0.621. The second-order valence-corrected chi connectivity index (χ2v) is 8.22. The van der Waals surface area contributed by atoms with Crippen LogP contribution in [0.5, 0.6) is 5.75 Å². The van der Waals surface area contributed by atoms with Crippen molar-refractivity contribution in [2.75, 3.05) is 11.3 Å². The van der Waals surface area contributed by atoms with Gasteiger partial charge in [0.15, 0.2) is 6.61 Å². The Morgan fingerprint density at radius 2 is 1.92 bits per heavy atom. The van der Waals surface area contributed by atoms with E-state index in [-0.39, 0.29) is 22.3 Å². The first kappa shape index (κ1) is 18.8. The maximum Gasteiger partial charge on any atom is 0.263 e. The molecule has 9 heteroatoms. The SMILES string of the molecule is Cc1cc(Cl)c(S(=O)(=O)Nc2ccc(I)cc2)cc1OCC(N)=O. The van der Waals surface area contributed by atoms with Gasteiger partial charge in [0, 0.05) is 15.3 Å². The Labute approximate surface area is 158 Å². The molecule has 0 unspecified atom stereocenters. The normalized spacial score (nSPS) is 11.1. The van der Waals surface area contributed by atoms with Crippen molar-refractivity contribution in [3.8, 4) is 5.75 Å². The van der Waals surface area contributed by atoms with Crippen LogP contribution in [0.1, 0.15) is 5.56 Å². The molecule has 1 amide bonds. The van der Waals surface area contributed by atoms with Gasteiger partial charge in [-0.2, -0.15) is 0 Å². The number of hydrogen-bond donors (Lipinski definition) is 2. The lowest BCUT2D eigenvalue weighted by Crippen LogP contribution is -2.20. The van der Waals surface area contributed by atoms with E-state index in [0.29, 0.717) is 11.3 Å². The van der Waals surface area contributed by atoms with E-state index in [1.807, 2.05) is 0 Å². The molecule has 2 rings (SSSR count). The molecule has 0 aliphatic rings. The molecule has 0 aliphatic carbocycles. The molecule has 3 N–H and O–H groups in total. The number of halogens is 2. The van der Waals surface area contributed by atoms with Gasteiger partial charge >= 0.3 is 0 Å². The van der Waals surface area contributed by atoms with Gasteiger partial charge in [0.1, 0.15) is 10.6 Å². The zero-order valence-corrected chi connectivity index (χ0v) is 16.3. The Morgan fingerprint density at radius 3 is 2.50 bits per heavy atom. The highest BCUT2D eigenvalue weighted by Gasteiger charge is 2.21. The fourth-order valence-corrected chi connectivity index (χ4v) is 3.89. The summed E-state index contributed by atoms with van der Waals surface area (Å²) in [6.45, 7) is 1.33. The van der Waals surface area contributed by atoms with Crippen LogP contribution in [0.4, 0.5) is 5.69 Å². The minimum absolute atomic E-state index is 0.0527. The second-order valence-electron chi connectivity index (χ2n) is 4.92. The van der Waals surface area contributed by atoms with Gasteiger partial charge in [-0.3, -0.25) is 9.52 Å². The van der Waals surface area contributed by atoms with Gasteiger partial charge in [-0.1, -0.05) is 11.6 Å². The number of sulfonamides is 1. The molecule has 24 heavy (non-hydrogen) atoms. The highest BCUT2D eigenvalue weighted by molar-refractivity contribution is 14.1. The number of aryl methyl sites for hydroxylation is 1. The number of ether oxygens (including phenoxy) is 1. The van der Waals surface area contributed by atoms with Crippen LogP contribution in [0, 0.1) is 10.5 Å². The van der Waals surface area contributed by atoms with Crippen LogP contribution >= 0.6 is 34.2 Å². The van der Waals surface area contributed by atoms with Gasteiger partial charge in [-0.15, -0.1) is 0 Å². The molecule has 0 saturated carbocycles. The van der Waals surface area contributed by atoms with E-state index in [2.05, 4.69) is 27.3 Å². The molecule has 2 aromatic rings. The third kappa shape index (κ3) is 4.74. The van der Waals surface area contributed by atoms with Crippen molar-refractivity contribution in [3.05, 3.63) is 50.6 Å². The molecule has 0 atom stereocenters. The Balaban J connectivity index is 2.36. The van der Waals surface area contributed by atoms with Crippen LogP contribution in [-0.4, -0.2) is 20.9 Å². The minimum atomic E-state index is -3.92. The first-order valence-corrected chi connectivity index (χ1v) is 9.62. The monoisotopic (exact) mass is 480 g/mol. The summed E-state index contributed by atoms with van der Waals surface area (Å²) >= 11 is 8.19. The van der Waals surface area contributed by atoms with Crippen molar-refractivity contribution in [1.82, 2.24) is 0 Å². The van der Waals surface area contributed by atoms with Crippen LogP contribution in [0.15, 0.2) is 41.3 Å². The number of rotatable bonds is 6. The zero-order valence-electron chi connectivity index (χ0n) is 12.5. The van der Waals surface area contributed by atoms with E-state index in [4.69, 9.17) is 22.1 Å². The van der Waals surface area contributed by atoms with Crippen molar-refractivity contribution in [2.24, 2.45) is 5.73 Å². The Morgan fingerprint density at radius 1 is 1.29 bits per heavy atom. The van der Waals surface area contributed by atoms with Crippen LogP contribution in [-0.2, 0) is 14.8 Å². The van der Waals surface area contributed by atoms with Crippen molar-refractivity contribution >= 4 is 55.8 Å². The average molecular weight is 481 g/mol. The van der Waals surface area contributed by atoms with E-state index in [1.54, 1.807) is 31.2 Å². The Kier molecular flexibility index (Phi) is 5.94. The molecule has 0 aromatic heterocycles. The third-order valence-corrected chi connectivity index (χ3v) is 5.55. The molecule has 0 radical (unpaired) electrons. The topological polar surface area (TPSA) is 98.5 Å². The lowest BCUT2D eigenvalue weighted by atomic mass is 10.2. The van der Waals surface area contributed by atoms with E-state index < -0.39 is 15.9 Å². The molecule has 0 aliphatic heterocycles. The molecule has 0 fully saturated rings. The number of benzene rings is 2. The molecular weight excluding hydrogens is 467 g/mol. The zero-order chi connectivity index (χ0) is 17.9. The summed E-state index contributed by atoms with van der Waals surface area (Å²) in [5.41, 5.74) is 6.04. The number of primary amides is 1. The van der Waals surface area contributed by atoms with Gasteiger partial charge in [0.25, 0.3) is 15.9 Å². The van der Waals surface area contributed by atoms with Crippen molar-refractivity contribution in [1.29, 1.82) is 0 Å². The number of anilines is 1. The van der Waals surface area contributed by atoms with Crippen molar-refractivity contribution < 1.29 is 17.9 Å². The Hall–Kier alpha value is -1.52. The predicted molar refractivity (Wildman–Crippen MR) is 101 cm³/mol. The maximum absolute atomic E-state index is 12.6. The smallest absolute Gasteiger partial charge is 0.263 e. The van der Waals surface area contributed by atoms with Crippen LogP contribution in [0.25, 0.3) is 0 Å². The van der Waals surface area contributed by atoms with E-state index in [9.17, 15) is 13.2 Å². The average Bonchev–Trinajstić information content (AvgIpc) is 2.48. The van der Waals surface area contributed by atoms with Gasteiger partial charge in [-0.05, 0) is 65.4 Å². The van der Waals surface area contributed by atoms with Crippen LogP contribution in [0.3, 0.4) is 0 Å². The number of hydrogen-bond acceptors (Lipinski definition) is 4. The molecule has 128 valence electrons. The fraction of sp³-hybridized carbons (Fsp3) is 0.133. The molecule has 0 bridgehead atoms. The van der Waals surface area contributed by atoms with E-state index >= 15 is 0 Å². The van der Waals surface area contributed by atoms with E-state index in [0.717, 1.165) is 3.57 Å². The summed E-state index contributed by atoms with van der Waals surface area (Å²) < 4.78 is 33.8. The second kappa shape index (κ2) is 7.58. The fourth-order valence-electron chi connectivity index (χ4n) is 1.87. The molecule has 0 saturated heterocycles. The highest BCUT2D eigenvalue weighted by Crippen LogP contribution is 2.31.